The summed E-state index contributed by atoms with van der Waals surface area (Å²) in [5, 5.41) is 5.85. The van der Waals surface area contributed by atoms with Crippen LogP contribution in [0.4, 0.5) is 0 Å². The van der Waals surface area contributed by atoms with Crippen molar-refractivity contribution in [1.82, 2.24) is 9.88 Å². The standard InChI is InChI=1S/C22H26N2O/c1-2-5-18-8-10-19(11-9-18)17-24(14-15-25)13-12-20-16-23-22-7-4-3-6-21(20)22/h2-11,16,23,25H,12-15,17H2,1H3/b5-2+/i25T. The van der Waals surface area contributed by atoms with Gasteiger partial charge in [-0.25, -0.2) is 0 Å². The third-order valence-electron chi connectivity index (χ3n) is 4.52. The summed E-state index contributed by atoms with van der Waals surface area (Å²) in [6, 6.07) is 17.1. The van der Waals surface area contributed by atoms with Gasteiger partial charge in [0.2, 0.25) is 1.43 Å². The van der Waals surface area contributed by atoms with Crippen LogP contribution in [0.3, 0.4) is 0 Å². The molecule has 0 aliphatic carbocycles. The molecule has 0 aliphatic rings. The molecule has 25 heavy (non-hydrogen) atoms. The SMILES string of the molecule is [3H]OCCN(CCc1c[nH]c2ccccc12)Cc1ccc(/C=C/C)cc1. The Morgan fingerprint density at radius 3 is 2.76 bits per heavy atom. The number of hydrogen-bond acceptors (Lipinski definition) is 2. The van der Waals surface area contributed by atoms with E-state index in [1.165, 1.54) is 27.6 Å². The molecule has 3 heteroatoms. The maximum absolute atomic E-state index is 6.99. The summed E-state index contributed by atoms with van der Waals surface area (Å²) in [7, 11) is 0. The lowest BCUT2D eigenvalue weighted by Gasteiger charge is -2.21. The summed E-state index contributed by atoms with van der Waals surface area (Å²) < 4.78 is 6.99. The average molecular weight is 336 g/mol. The first kappa shape index (κ1) is 16.1. The second-order valence-electron chi connectivity index (χ2n) is 6.33. The van der Waals surface area contributed by atoms with Crippen LogP contribution >= 0.6 is 0 Å². The lowest BCUT2D eigenvalue weighted by atomic mass is 10.1. The minimum Gasteiger partial charge on any atom is -0.395 e. The molecule has 0 atom stereocenters. The Kier molecular flexibility index (Phi) is 5.58. The minimum absolute atomic E-state index is 0.421. The van der Waals surface area contributed by atoms with Crippen LogP contribution in [-0.2, 0) is 13.0 Å². The fourth-order valence-corrected chi connectivity index (χ4v) is 3.20. The number of aromatic nitrogens is 1. The predicted octanol–water partition coefficient (Wildman–Crippen LogP) is 4.24. The van der Waals surface area contributed by atoms with Gasteiger partial charge < -0.3 is 10.1 Å². The highest BCUT2D eigenvalue weighted by Crippen LogP contribution is 2.18. The van der Waals surface area contributed by atoms with E-state index in [1.54, 1.807) is 0 Å². The van der Waals surface area contributed by atoms with Crippen molar-refractivity contribution in [3.63, 3.8) is 0 Å². The Morgan fingerprint density at radius 1 is 1.12 bits per heavy atom. The van der Waals surface area contributed by atoms with E-state index in [1.807, 2.05) is 13.0 Å². The molecule has 0 bridgehead atoms. The van der Waals surface area contributed by atoms with E-state index < -0.39 is 0 Å². The topological polar surface area (TPSA) is 39.3 Å². The number of nitrogens with zero attached hydrogens (tertiary/aromatic N) is 1. The van der Waals surface area contributed by atoms with Gasteiger partial charge in [-0.1, -0.05) is 54.6 Å². The number of allylic oxidation sites excluding steroid dienone is 1. The summed E-state index contributed by atoms with van der Waals surface area (Å²) in [6.07, 6.45) is 7.23. The Hall–Kier alpha value is -2.36. The van der Waals surface area contributed by atoms with Gasteiger partial charge in [-0.05, 0) is 36.1 Å². The van der Waals surface area contributed by atoms with Crippen molar-refractivity contribution in [2.24, 2.45) is 0 Å². The molecule has 1 heterocycles. The molecule has 0 amide bonds. The van der Waals surface area contributed by atoms with Gasteiger partial charge in [0.25, 0.3) is 0 Å². The zero-order chi connectivity index (χ0) is 18.2. The summed E-state index contributed by atoms with van der Waals surface area (Å²) in [4.78, 5) is 5.69. The van der Waals surface area contributed by atoms with Gasteiger partial charge in [-0.2, -0.15) is 0 Å². The number of hydrogen-bond donors (Lipinski definition) is 2. The van der Waals surface area contributed by atoms with Crippen LogP contribution in [0.5, 0.6) is 0 Å². The van der Waals surface area contributed by atoms with E-state index in [0.29, 0.717) is 6.61 Å². The maximum Gasteiger partial charge on any atom is 0.210 e. The van der Waals surface area contributed by atoms with Crippen LogP contribution in [0.2, 0.25) is 0 Å². The molecule has 0 unspecified atom stereocenters. The smallest absolute Gasteiger partial charge is 0.210 e. The first-order chi connectivity index (χ1) is 12.8. The molecule has 2 N–H and O–H groups in total. The van der Waals surface area contributed by atoms with Gasteiger partial charge in [0.05, 0.1) is 6.61 Å². The number of nitrogens with one attached hydrogen (secondary N) is 1. The molecule has 0 saturated heterocycles. The molecule has 0 aliphatic heterocycles. The van der Waals surface area contributed by atoms with Crippen LogP contribution < -0.4 is 0 Å². The fourth-order valence-electron chi connectivity index (χ4n) is 3.20. The molecule has 0 spiro atoms. The molecular formula is C22H26N2O. The van der Waals surface area contributed by atoms with Gasteiger partial charge in [0, 0.05) is 36.7 Å². The highest BCUT2D eigenvalue weighted by molar-refractivity contribution is 5.83. The molecule has 3 rings (SSSR count). The Balaban J connectivity index is 1.65. The van der Waals surface area contributed by atoms with Gasteiger partial charge in [-0.3, -0.25) is 4.90 Å². The summed E-state index contributed by atoms with van der Waals surface area (Å²) in [5.41, 5.74) is 5.02. The normalized spacial score (nSPS) is 12.3. The monoisotopic (exact) mass is 336 g/mol. The summed E-state index contributed by atoms with van der Waals surface area (Å²) in [5.74, 6) is 0. The highest BCUT2D eigenvalue weighted by Gasteiger charge is 2.08. The van der Waals surface area contributed by atoms with Crippen molar-refractivity contribution in [3.05, 3.63) is 77.5 Å². The van der Waals surface area contributed by atoms with E-state index in [9.17, 15) is 0 Å². The van der Waals surface area contributed by atoms with Crippen LogP contribution in [0, 0.1) is 0 Å². The fraction of sp³-hybridized carbons (Fsp3) is 0.273. The van der Waals surface area contributed by atoms with Crippen molar-refractivity contribution < 1.29 is 5.11 Å². The molecule has 0 fully saturated rings. The number of aliphatic hydroxyl groups excluding tert-OH is 1. The van der Waals surface area contributed by atoms with Gasteiger partial charge in [0.1, 0.15) is 0 Å². The minimum atomic E-state index is 0.421. The number of rotatable bonds is 9. The number of para-hydroxylation sites is 1. The molecule has 3 nitrogen and oxygen atoms in total. The summed E-state index contributed by atoms with van der Waals surface area (Å²) >= 11 is 0. The number of H-pyrrole nitrogens is 1. The predicted molar refractivity (Wildman–Crippen MR) is 106 cm³/mol. The number of benzene rings is 2. The molecular weight excluding hydrogens is 308 g/mol. The lowest BCUT2D eigenvalue weighted by Crippen LogP contribution is -2.28. The quantitative estimate of drug-likeness (QED) is 0.613. The Morgan fingerprint density at radius 2 is 1.96 bits per heavy atom. The Labute approximate surface area is 151 Å². The third kappa shape index (κ3) is 4.59. The number of aromatic amines is 1. The van der Waals surface area contributed by atoms with E-state index in [4.69, 9.17) is 1.43 Å². The molecule has 130 valence electrons. The maximum atomic E-state index is 6.99. The Bertz CT molecular complexity index is 839. The van der Waals surface area contributed by atoms with Crippen LogP contribution in [0.25, 0.3) is 17.0 Å². The van der Waals surface area contributed by atoms with E-state index in [0.717, 1.165) is 26.1 Å². The molecule has 2 aromatic carbocycles. The molecule has 0 saturated carbocycles. The number of fused-ring (bicyclic) bond motifs is 1. The second-order valence-corrected chi connectivity index (χ2v) is 6.33. The van der Waals surface area contributed by atoms with Crippen molar-refractivity contribution in [1.29, 1.82) is 1.43 Å². The molecule has 1 aromatic heterocycles. The molecule has 3 aromatic rings. The second kappa shape index (κ2) is 8.65. The van der Waals surface area contributed by atoms with Crippen LogP contribution in [-0.4, -0.2) is 36.1 Å². The van der Waals surface area contributed by atoms with E-state index in [-0.39, 0.29) is 0 Å². The van der Waals surface area contributed by atoms with Gasteiger partial charge in [-0.15, -0.1) is 0 Å². The highest BCUT2D eigenvalue weighted by atomic mass is 16.3. The molecule has 0 radical (unpaired) electrons. The lowest BCUT2D eigenvalue weighted by molar-refractivity contribution is 0.192. The largest absolute Gasteiger partial charge is 0.395 e. The van der Waals surface area contributed by atoms with Crippen molar-refractivity contribution >= 4 is 17.0 Å². The van der Waals surface area contributed by atoms with Crippen LogP contribution in [0.1, 0.15) is 23.6 Å². The first-order valence-electron chi connectivity index (χ1n) is 9.28. The first-order valence-corrected chi connectivity index (χ1v) is 8.87. The third-order valence-corrected chi connectivity index (χ3v) is 4.52. The van der Waals surface area contributed by atoms with Crippen molar-refractivity contribution in [2.75, 3.05) is 19.7 Å². The van der Waals surface area contributed by atoms with Gasteiger partial charge in [0.15, 0.2) is 0 Å². The van der Waals surface area contributed by atoms with Crippen molar-refractivity contribution in [3.8, 4) is 0 Å². The average Bonchev–Trinajstić information content (AvgIpc) is 3.09. The van der Waals surface area contributed by atoms with Crippen LogP contribution in [0.15, 0.2) is 60.8 Å². The zero-order valence-electron chi connectivity index (χ0n) is 15.7. The number of aliphatic hydroxyl groups is 1. The van der Waals surface area contributed by atoms with E-state index in [2.05, 4.69) is 75.8 Å². The van der Waals surface area contributed by atoms with E-state index >= 15 is 0 Å². The van der Waals surface area contributed by atoms with Crippen molar-refractivity contribution in [2.45, 2.75) is 19.9 Å². The van der Waals surface area contributed by atoms with Gasteiger partial charge >= 0.3 is 0 Å². The summed E-state index contributed by atoms with van der Waals surface area (Å²) in [6.45, 7) is 5.00. The zero-order valence-corrected chi connectivity index (χ0v) is 14.7.